The maximum Gasteiger partial charge on any atom is 0.263 e. The van der Waals surface area contributed by atoms with E-state index < -0.39 is 0 Å². The molecule has 0 radical (unpaired) electrons. The van der Waals surface area contributed by atoms with Gasteiger partial charge in [0.25, 0.3) is 11.5 Å². The fourth-order valence-corrected chi connectivity index (χ4v) is 4.46. The van der Waals surface area contributed by atoms with Gasteiger partial charge in [-0.2, -0.15) is 0 Å². The van der Waals surface area contributed by atoms with E-state index in [1.165, 1.54) is 29.5 Å². The number of carbonyl (C=O) groups is 1. The van der Waals surface area contributed by atoms with Crippen LogP contribution < -0.4 is 10.3 Å². The second-order valence-electron chi connectivity index (χ2n) is 7.13. The minimum Gasteiger partial charge on any atom is -0.490 e. The van der Waals surface area contributed by atoms with E-state index in [1.54, 1.807) is 23.7 Å². The minimum absolute atomic E-state index is 0.0212. The van der Waals surface area contributed by atoms with Gasteiger partial charge in [-0.3, -0.25) is 9.59 Å². The SMILES string of the molecule is Cc1cc(OC2CCN(C(=O)c3cc4cc(F)ccc4s3)CC2)cc(=O)n1C. The van der Waals surface area contributed by atoms with Crippen molar-refractivity contribution in [1.29, 1.82) is 0 Å². The Labute approximate surface area is 166 Å². The molecule has 0 atom stereocenters. The summed E-state index contributed by atoms with van der Waals surface area (Å²) in [6, 6.07) is 9.69. The molecule has 4 rings (SSSR count). The van der Waals surface area contributed by atoms with Crippen molar-refractivity contribution in [3.63, 3.8) is 0 Å². The number of benzene rings is 1. The number of pyridine rings is 1. The number of hydrogen-bond donors (Lipinski definition) is 0. The van der Waals surface area contributed by atoms with Gasteiger partial charge in [-0.1, -0.05) is 0 Å². The number of ether oxygens (including phenoxy) is 1. The number of likely N-dealkylation sites (tertiary alicyclic amines) is 1. The van der Waals surface area contributed by atoms with Gasteiger partial charge >= 0.3 is 0 Å². The number of amides is 1. The number of aryl methyl sites for hydroxylation is 1. The van der Waals surface area contributed by atoms with Crippen LogP contribution in [0, 0.1) is 12.7 Å². The molecule has 7 heteroatoms. The Hall–Kier alpha value is -2.67. The van der Waals surface area contributed by atoms with Crippen LogP contribution in [-0.2, 0) is 7.05 Å². The molecule has 2 aromatic heterocycles. The van der Waals surface area contributed by atoms with E-state index in [-0.39, 0.29) is 23.4 Å². The highest BCUT2D eigenvalue weighted by Crippen LogP contribution is 2.28. The summed E-state index contributed by atoms with van der Waals surface area (Å²) < 4.78 is 21.8. The van der Waals surface area contributed by atoms with Crippen LogP contribution in [0.4, 0.5) is 4.39 Å². The first-order valence-corrected chi connectivity index (χ1v) is 10.0. The van der Waals surface area contributed by atoms with Gasteiger partial charge in [0.05, 0.1) is 4.88 Å². The number of hydrogen-bond acceptors (Lipinski definition) is 4. The fourth-order valence-electron chi connectivity index (χ4n) is 3.45. The van der Waals surface area contributed by atoms with Crippen molar-refractivity contribution in [2.24, 2.45) is 7.05 Å². The number of halogens is 1. The quantitative estimate of drug-likeness (QED) is 0.673. The van der Waals surface area contributed by atoms with Crippen molar-refractivity contribution in [3.05, 3.63) is 63.1 Å². The number of rotatable bonds is 3. The largest absolute Gasteiger partial charge is 0.490 e. The third-order valence-corrected chi connectivity index (χ3v) is 6.30. The van der Waals surface area contributed by atoms with Crippen LogP contribution in [0.2, 0.25) is 0 Å². The molecule has 28 heavy (non-hydrogen) atoms. The number of thiophene rings is 1. The van der Waals surface area contributed by atoms with E-state index in [1.807, 2.05) is 17.9 Å². The van der Waals surface area contributed by atoms with Crippen molar-refractivity contribution in [1.82, 2.24) is 9.47 Å². The van der Waals surface area contributed by atoms with Gasteiger partial charge in [0.1, 0.15) is 17.7 Å². The molecule has 1 aliphatic rings. The van der Waals surface area contributed by atoms with Crippen molar-refractivity contribution in [2.45, 2.75) is 25.9 Å². The van der Waals surface area contributed by atoms with E-state index in [0.29, 0.717) is 36.6 Å². The molecule has 5 nitrogen and oxygen atoms in total. The summed E-state index contributed by atoms with van der Waals surface area (Å²) in [5.74, 6) is 0.259. The summed E-state index contributed by atoms with van der Waals surface area (Å²) in [5.41, 5.74) is 0.750. The Kier molecular flexibility index (Phi) is 4.93. The van der Waals surface area contributed by atoms with Gasteiger partial charge in [-0.15, -0.1) is 11.3 Å². The number of aromatic nitrogens is 1. The second-order valence-corrected chi connectivity index (χ2v) is 8.22. The number of fused-ring (bicyclic) bond motifs is 1. The van der Waals surface area contributed by atoms with Crippen molar-refractivity contribution in [3.8, 4) is 5.75 Å². The zero-order valence-electron chi connectivity index (χ0n) is 15.8. The third-order valence-electron chi connectivity index (χ3n) is 5.20. The highest BCUT2D eigenvalue weighted by Gasteiger charge is 2.26. The third kappa shape index (κ3) is 3.67. The lowest BCUT2D eigenvalue weighted by atomic mass is 10.1. The number of carbonyl (C=O) groups excluding carboxylic acids is 1. The summed E-state index contributed by atoms with van der Waals surface area (Å²) in [6.07, 6.45) is 1.39. The average molecular weight is 400 g/mol. The first-order valence-electron chi connectivity index (χ1n) is 9.23. The second kappa shape index (κ2) is 7.39. The summed E-state index contributed by atoms with van der Waals surface area (Å²) in [5, 5.41) is 0.757. The monoisotopic (exact) mass is 400 g/mol. The Morgan fingerprint density at radius 1 is 1.18 bits per heavy atom. The van der Waals surface area contributed by atoms with Crippen LogP contribution in [0.5, 0.6) is 5.75 Å². The van der Waals surface area contributed by atoms with Crippen LogP contribution in [0.3, 0.4) is 0 Å². The molecule has 1 aliphatic heterocycles. The van der Waals surface area contributed by atoms with Gasteiger partial charge < -0.3 is 14.2 Å². The Balaban J connectivity index is 1.40. The first-order chi connectivity index (χ1) is 13.4. The molecule has 0 unspecified atom stereocenters. The van der Waals surface area contributed by atoms with Gasteiger partial charge in [-0.05, 0) is 42.6 Å². The molecule has 146 valence electrons. The van der Waals surface area contributed by atoms with Crippen LogP contribution in [-0.4, -0.2) is 34.6 Å². The number of piperidine rings is 1. The Bertz CT molecular complexity index is 1100. The first kappa shape index (κ1) is 18.7. The van der Waals surface area contributed by atoms with Gasteiger partial charge in [0.15, 0.2) is 0 Å². The molecular weight excluding hydrogens is 379 g/mol. The molecule has 1 fully saturated rings. The highest BCUT2D eigenvalue weighted by molar-refractivity contribution is 7.20. The van der Waals surface area contributed by atoms with E-state index in [4.69, 9.17) is 4.74 Å². The Morgan fingerprint density at radius 2 is 1.93 bits per heavy atom. The smallest absolute Gasteiger partial charge is 0.263 e. The van der Waals surface area contributed by atoms with E-state index in [9.17, 15) is 14.0 Å². The van der Waals surface area contributed by atoms with Gasteiger partial charge in [-0.25, -0.2) is 4.39 Å². The zero-order chi connectivity index (χ0) is 19.8. The van der Waals surface area contributed by atoms with Crippen LogP contribution in [0.1, 0.15) is 28.2 Å². The molecule has 0 spiro atoms. The lowest BCUT2D eigenvalue weighted by Gasteiger charge is -2.32. The molecule has 0 aliphatic carbocycles. The molecule has 1 saturated heterocycles. The standard InChI is InChI=1S/C21H21FN2O3S/c1-13-9-17(12-20(25)23(13)2)27-16-5-7-24(8-6-16)21(26)19-11-14-10-15(22)3-4-18(14)28-19/h3-4,9-12,16H,5-8H2,1-2H3. The predicted octanol–water partition coefficient (Wildman–Crippen LogP) is 3.73. The van der Waals surface area contributed by atoms with Crippen LogP contribution in [0.15, 0.2) is 41.2 Å². The number of nitrogens with zero attached hydrogens (tertiary/aromatic N) is 2. The molecule has 1 amide bonds. The molecule has 1 aromatic carbocycles. The molecule has 0 saturated carbocycles. The van der Waals surface area contributed by atoms with Gasteiger partial charge in [0, 0.05) is 49.4 Å². The lowest BCUT2D eigenvalue weighted by molar-refractivity contribution is 0.0599. The normalized spacial score (nSPS) is 15.2. The minimum atomic E-state index is -0.298. The summed E-state index contributed by atoms with van der Waals surface area (Å²) in [4.78, 5) is 27.1. The van der Waals surface area contributed by atoms with Crippen LogP contribution >= 0.6 is 11.3 Å². The van der Waals surface area contributed by atoms with E-state index in [2.05, 4.69) is 0 Å². The molecule has 0 bridgehead atoms. The van der Waals surface area contributed by atoms with Crippen molar-refractivity contribution >= 4 is 27.3 Å². The van der Waals surface area contributed by atoms with Crippen molar-refractivity contribution < 1.29 is 13.9 Å². The summed E-state index contributed by atoms with van der Waals surface area (Å²) in [7, 11) is 1.73. The predicted molar refractivity (Wildman–Crippen MR) is 108 cm³/mol. The maximum absolute atomic E-state index is 13.4. The summed E-state index contributed by atoms with van der Waals surface area (Å²) >= 11 is 1.39. The molecule has 3 heterocycles. The summed E-state index contributed by atoms with van der Waals surface area (Å²) in [6.45, 7) is 3.05. The average Bonchev–Trinajstić information content (AvgIpc) is 3.09. The highest BCUT2D eigenvalue weighted by atomic mass is 32.1. The zero-order valence-corrected chi connectivity index (χ0v) is 16.6. The van der Waals surface area contributed by atoms with E-state index in [0.717, 1.165) is 15.8 Å². The van der Waals surface area contributed by atoms with Crippen LogP contribution in [0.25, 0.3) is 10.1 Å². The van der Waals surface area contributed by atoms with Gasteiger partial charge in [0.2, 0.25) is 0 Å². The fraction of sp³-hybridized carbons (Fsp3) is 0.333. The van der Waals surface area contributed by atoms with Crippen molar-refractivity contribution in [2.75, 3.05) is 13.1 Å². The lowest BCUT2D eigenvalue weighted by Crippen LogP contribution is -2.41. The molecule has 3 aromatic rings. The maximum atomic E-state index is 13.4. The molecular formula is C21H21FN2O3S. The van der Waals surface area contributed by atoms with E-state index >= 15 is 0 Å². The topological polar surface area (TPSA) is 51.5 Å². The molecule has 0 N–H and O–H groups in total. The Morgan fingerprint density at radius 3 is 2.64 bits per heavy atom.